The van der Waals surface area contributed by atoms with E-state index in [-0.39, 0.29) is 0 Å². The van der Waals surface area contributed by atoms with Crippen molar-refractivity contribution in [2.45, 2.75) is 12.8 Å². The number of anilines is 1. The smallest absolute Gasteiger partial charge is 0.121 e. The first-order valence-electron chi connectivity index (χ1n) is 6.33. The number of rotatable bonds is 6. The Bertz CT molecular complexity index is 468. The number of hydrogen-bond donors (Lipinski definition) is 1. The lowest BCUT2D eigenvalue weighted by molar-refractivity contribution is 0.311. The minimum Gasteiger partial charge on any atom is -0.494 e. The van der Waals surface area contributed by atoms with Gasteiger partial charge in [-0.15, -0.1) is 0 Å². The van der Waals surface area contributed by atoms with E-state index in [1.54, 1.807) is 0 Å². The maximum absolute atomic E-state index is 5.73. The molecule has 0 aromatic heterocycles. The summed E-state index contributed by atoms with van der Waals surface area (Å²) in [5.74, 6) is 0.926. The summed E-state index contributed by atoms with van der Waals surface area (Å²) in [4.78, 5) is 0. The van der Waals surface area contributed by atoms with Gasteiger partial charge in [-0.3, -0.25) is 0 Å². The quantitative estimate of drug-likeness (QED) is 0.778. The molecule has 0 saturated carbocycles. The second kappa shape index (κ2) is 6.70. The van der Waals surface area contributed by atoms with Gasteiger partial charge in [0.05, 0.1) is 6.61 Å². The summed E-state index contributed by atoms with van der Waals surface area (Å²) in [6.45, 7) is 0.752. The van der Waals surface area contributed by atoms with Crippen LogP contribution in [0.2, 0.25) is 0 Å². The molecule has 94 valence electrons. The van der Waals surface area contributed by atoms with Crippen LogP contribution in [0.25, 0.3) is 0 Å². The summed E-state index contributed by atoms with van der Waals surface area (Å²) < 4.78 is 5.73. The molecule has 0 spiro atoms. The van der Waals surface area contributed by atoms with Crippen LogP contribution in [0.5, 0.6) is 5.75 Å². The minimum atomic E-state index is 0.752. The highest BCUT2D eigenvalue weighted by molar-refractivity contribution is 5.47. The predicted octanol–water partition coefficient (Wildman–Crippen LogP) is 3.74. The summed E-state index contributed by atoms with van der Waals surface area (Å²) in [5, 5.41) is 3.10. The van der Waals surface area contributed by atoms with Crippen molar-refractivity contribution in [3.63, 3.8) is 0 Å². The molecule has 2 aromatic rings. The van der Waals surface area contributed by atoms with Gasteiger partial charge in [0.25, 0.3) is 0 Å². The summed E-state index contributed by atoms with van der Waals surface area (Å²) in [7, 11) is 1.91. The SMILES string of the molecule is CNc1cccc(OCCCc2ccccc2)c1. The van der Waals surface area contributed by atoms with E-state index < -0.39 is 0 Å². The van der Waals surface area contributed by atoms with E-state index in [1.165, 1.54) is 5.56 Å². The van der Waals surface area contributed by atoms with Gasteiger partial charge < -0.3 is 10.1 Å². The number of benzene rings is 2. The molecule has 0 aliphatic heterocycles. The van der Waals surface area contributed by atoms with Crippen molar-refractivity contribution < 1.29 is 4.74 Å². The molecule has 2 aromatic carbocycles. The van der Waals surface area contributed by atoms with Crippen LogP contribution in [0.1, 0.15) is 12.0 Å². The second-order valence-corrected chi connectivity index (χ2v) is 4.22. The first-order chi connectivity index (χ1) is 8.88. The molecule has 2 heteroatoms. The Labute approximate surface area is 109 Å². The monoisotopic (exact) mass is 241 g/mol. The van der Waals surface area contributed by atoms with Crippen molar-refractivity contribution in [1.29, 1.82) is 0 Å². The van der Waals surface area contributed by atoms with E-state index in [2.05, 4.69) is 29.6 Å². The summed E-state index contributed by atoms with van der Waals surface area (Å²) in [6, 6.07) is 18.5. The van der Waals surface area contributed by atoms with Crippen molar-refractivity contribution in [1.82, 2.24) is 0 Å². The van der Waals surface area contributed by atoms with Gasteiger partial charge in [0.2, 0.25) is 0 Å². The standard InChI is InChI=1S/C16H19NO/c1-17-15-10-5-11-16(13-15)18-12-6-9-14-7-3-2-4-8-14/h2-5,7-8,10-11,13,17H,6,9,12H2,1H3. The fourth-order valence-corrected chi connectivity index (χ4v) is 1.85. The molecule has 0 radical (unpaired) electrons. The molecule has 1 N–H and O–H groups in total. The fourth-order valence-electron chi connectivity index (χ4n) is 1.85. The van der Waals surface area contributed by atoms with Gasteiger partial charge >= 0.3 is 0 Å². The normalized spacial score (nSPS) is 10.1. The van der Waals surface area contributed by atoms with E-state index in [1.807, 2.05) is 37.4 Å². The highest BCUT2D eigenvalue weighted by Crippen LogP contribution is 2.17. The highest BCUT2D eigenvalue weighted by Gasteiger charge is 1.96. The number of hydrogen-bond acceptors (Lipinski definition) is 2. The molecule has 0 aliphatic carbocycles. The molecule has 0 amide bonds. The van der Waals surface area contributed by atoms with Crippen LogP contribution in [0.3, 0.4) is 0 Å². The zero-order valence-electron chi connectivity index (χ0n) is 10.7. The van der Waals surface area contributed by atoms with Crippen molar-refractivity contribution in [3.8, 4) is 5.75 Å². The van der Waals surface area contributed by atoms with E-state index in [0.29, 0.717) is 0 Å². The maximum Gasteiger partial charge on any atom is 0.121 e. The molecule has 2 rings (SSSR count). The van der Waals surface area contributed by atoms with Crippen LogP contribution >= 0.6 is 0 Å². The first kappa shape index (κ1) is 12.5. The Kier molecular flexibility index (Phi) is 4.65. The van der Waals surface area contributed by atoms with E-state index in [9.17, 15) is 0 Å². The molecule has 0 saturated heterocycles. The molecule has 2 nitrogen and oxygen atoms in total. The average Bonchev–Trinajstić information content (AvgIpc) is 2.45. The zero-order valence-corrected chi connectivity index (χ0v) is 10.7. The number of nitrogens with one attached hydrogen (secondary N) is 1. The number of ether oxygens (including phenoxy) is 1. The van der Waals surface area contributed by atoms with Crippen molar-refractivity contribution in [2.24, 2.45) is 0 Å². The lowest BCUT2D eigenvalue weighted by atomic mass is 10.1. The van der Waals surface area contributed by atoms with Gasteiger partial charge in [0, 0.05) is 18.8 Å². The molecular formula is C16H19NO. The molecule has 0 aliphatic rings. The average molecular weight is 241 g/mol. The third-order valence-corrected chi connectivity index (χ3v) is 2.84. The van der Waals surface area contributed by atoms with Crippen LogP contribution in [0, 0.1) is 0 Å². The minimum absolute atomic E-state index is 0.752. The van der Waals surface area contributed by atoms with Crippen molar-refractivity contribution in [2.75, 3.05) is 19.0 Å². The van der Waals surface area contributed by atoms with Crippen LogP contribution in [-0.2, 0) is 6.42 Å². The molecule has 0 atom stereocenters. The topological polar surface area (TPSA) is 21.3 Å². The van der Waals surface area contributed by atoms with Crippen LogP contribution in [-0.4, -0.2) is 13.7 Å². The maximum atomic E-state index is 5.73. The molecule has 18 heavy (non-hydrogen) atoms. The van der Waals surface area contributed by atoms with Crippen LogP contribution < -0.4 is 10.1 Å². The molecule has 0 unspecified atom stereocenters. The van der Waals surface area contributed by atoms with E-state index in [0.717, 1.165) is 30.9 Å². The van der Waals surface area contributed by atoms with Gasteiger partial charge in [-0.2, -0.15) is 0 Å². The Morgan fingerprint density at radius 2 is 1.83 bits per heavy atom. The largest absolute Gasteiger partial charge is 0.494 e. The molecular weight excluding hydrogens is 222 g/mol. The Morgan fingerprint density at radius 3 is 2.61 bits per heavy atom. The zero-order chi connectivity index (χ0) is 12.6. The summed E-state index contributed by atoms with van der Waals surface area (Å²) in [5.41, 5.74) is 2.45. The van der Waals surface area contributed by atoms with Gasteiger partial charge in [-0.25, -0.2) is 0 Å². The van der Waals surface area contributed by atoms with Crippen molar-refractivity contribution >= 4 is 5.69 Å². The molecule has 0 bridgehead atoms. The van der Waals surface area contributed by atoms with Gasteiger partial charge in [0.1, 0.15) is 5.75 Å². The highest BCUT2D eigenvalue weighted by atomic mass is 16.5. The van der Waals surface area contributed by atoms with E-state index >= 15 is 0 Å². The van der Waals surface area contributed by atoms with Gasteiger partial charge in [-0.05, 0) is 30.5 Å². The third-order valence-electron chi connectivity index (χ3n) is 2.84. The Hall–Kier alpha value is -1.96. The lowest BCUT2D eigenvalue weighted by Gasteiger charge is -2.08. The fraction of sp³-hybridized carbons (Fsp3) is 0.250. The first-order valence-corrected chi connectivity index (χ1v) is 6.33. The van der Waals surface area contributed by atoms with Gasteiger partial charge in [0.15, 0.2) is 0 Å². The van der Waals surface area contributed by atoms with Crippen molar-refractivity contribution in [3.05, 3.63) is 60.2 Å². The van der Waals surface area contributed by atoms with Crippen LogP contribution in [0.15, 0.2) is 54.6 Å². The predicted molar refractivity (Wildman–Crippen MR) is 76.2 cm³/mol. The Balaban J connectivity index is 1.75. The van der Waals surface area contributed by atoms with E-state index in [4.69, 9.17) is 4.74 Å². The number of aryl methyl sites for hydroxylation is 1. The van der Waals surface area contributed by atoms with Gasteiger partial charge in [-0.1, -0.05) is 36.4 Å². The third kappa shape index (κ3) is 3.81. The summed E-state index contributed by atoms with van der Waals surface area (Å²) >= 11 is 0. The molecule has 0 heterocycles. The molecule has 0 fully saturated rings. The summed E-state index contributed by atoms with van der Waals surface area (Å²) in [6.07, 6.45) is 2.10. The lowest BCUT2D eigenvalue weighted by Crippen LogP contribution is -1.99. The Morgan fingerprint density at radius 1 is 1.00 bits per heavy atom. The van der Waals surface area contributed by atoms with Crippen LogP contribution in [0.4, 0.5) is 5.69 Å². The second-order valence-electron chi connectivity index (χ2n) is 4.22.